The zero-order valence-corrected chi connectivity index (χ0v) is 15.9. The lowest BCUT2D eigenvalue weighted by Gasteiger charge is -2.33. The summed E-state index contributed by atoms with van der Waals surface area (Å²) in [7, 11) is -1.77. The van der Waals surface area contributed by atoms with E-state index in [1.807, 2.05) is 12.1 Å². The predicted octanol–water partition coefficient (Wildman–Crippen LogP) is 2.58. The van der Waals surface area contributed by atoms with Gasteiger partial charge >= 0.3 is 0 Å². The van der Waals surface area contributed by atoms with Crippen molar-refractivity contribution in [3.63, 3.8) is 0 Å². The van der Waals surface area contributed by atoms with Gasteiger partial charge in [0.05, 0.1) is 17.7 Å². The average Bonchev–Trinajstić information content (AvgIpc) is 2.63. The zero-order chi connectivity index (χ0) is 18.7. The van der Waals surface area contributed by atoms with Gasteiger partial charge in [0.25, 0.3) is 0 Å². The van der Waals surface area contributed by atoms with Crippen LogP contribution >= 0.6 is 0 Å². The van der Waals surface area contributed by atoms with Crippen LogP contribution in [0.1, 0.15) is 30.0 Å². The number of benzene rings is 1. The molecule has 1 N–H and O–H groups in total. The Morgan fingerprint density at radius 2 is 2.15 bits per heavy atom. The summed E-state index contributed by atoms with van der Waals surface area (Å²) in [4.78, 5) is 7.01. The molecule has 1 fully saturated rings. The number of rotatable bonds is 5. The summed E-state index contributed by atoms with van der Waals surface area (Å²) in [6.45, 7) is 2.41. The first-order valence-corrected chi connectivity index (χ1v) is 10.5. The number of pyridine rings is 1. The molecular formula is C19H24N2O4S. The minimum absolute atomic E-state index is 0.0914. The fraction of sp³-hybridized carbons (Fsp3) is 0.421. The highest BCUT2D eigenvalue weighted by Gasteiger charge is 2.27. The number of sulfone groups is 1. The van der Waals surface area contributed by atoms with Gasteiger partial charge in [-0.15, -0.1) is 0 Å². The van der Waals surface area contributed by atoms with Crippen LogP contribution in [-0.4, -0.2) is 49.9 Å². The van der Waals surface area contributed by atoms with Gasteiger partial charge in [-0.3, -0.25) is 9.88 Å². The van der Waals surface area contributed by atoms with Gasteiger partial charge in [0.1, 0.15) is 0 Å². The molecule has 1 aromatic carbocycles. The Balaban J connectivity index is 1.78. The molecule has 26 heavy (non-hydrogen) atoms. The summed E-state index contributed by atoms with van der Waals surface area (Å²) >= 11 is 0. The van der Waals surface area contributed by atoms with Crippen LogP contribution in [0.15, 0.2) is 41.4 Å². The highest BCUT2D eigenvalue weighted by Crippen LogP contribution is 2.32. The zero-order valence-electron chi connectivity index (χ0n) is 15.1. The van der Waals surface area contributed by atoms with E-state index in [9.17, 15) is 13.5 Å². The Bertz CT molecular complexity index is 883. The molecule has 0 aliphatic carbocycles. The van der Waals surface area contributed by atoms with Crippen LogP contribution in [-0.2, 0) is 16.4 Å². The molecule has 140 valence electrons. The van der Waals surface area contributed by atoms with E-state index >= 15 is 0 Å². The van der Waals surface area contributed by atoms with E-state index in [1.54, 1.807) is 24.4 Å². The van der Waals surface area contributed by atoms with Crippen molar-refractivity contribution in [1.82, 2.24) is 9.88 Å². The van der Waals surface area contributed by atoms with E-state index in [0.717, 1.165) is 31.5 Å². The molecule has 3 rings (SSSR count). The first-order valence-electron chi connectivity index (χ1n) is 8.61. The van der Waals surface area contributed by atoms with Gasteiger partial charge < -0.3 is 9.84 Å². The summed E-state index contributed by atoms with van der Waals surface area (Å²) in [5.41, 5.74) is 1.72. The van der Waals surface area contributed by atoms with Crippen LogP contribution in [0.3, 0.4) is 0 Å². The van der Waals surface area contributed by atoms with Crippen molar-refractivity contribution in [1.29, 1.82) is 0 Å². The van der Waals surface area contributed by atoms with Crippen LogP contribution in [0.25, 0.3) is 0 Å². The molecular weight excluding hydrogens is 352 g/mol. The smallest absolute Gasteiger partial charge is 0.177 e. The third-order valence-corrected chi connectivity index (χ3v) is 5.89. The number of likely N-dealkylation sites (tertiary alicyclic amines) is 1. The Morgan fingerprint density at radius 1 is 1.35 bits per heavy atom. The van der Waals surface area contributed by atoms with Gasteiger partial charge in [-0.05, 0) is 49.2 Å². The average molecular weight is 376 g/mol. The number of piperidine rings is 1. The molecule has 0 bridgehead atoms. The Morgan fingerprint density at radius 3 is 2.88 bits per heavy atom. The van der Waals surface area contributed by atoms with E-state index in [2.05, 4.69) is 9.88 Å². The normalized spacial score (nSPS) is 18.6. The van der Waals surface area contributed by atoms with Crippen LogP contribution in [0.2, 0.25) is 0 Å². The molecule has 1 saturated heterocycles. The first kappa shape index (κ1) is 18.7. The van der Waals surface area contributed by atoms with Crippen molar-refractivity contribution in [2.75, 3.05) is 26.5 Å². The van der Waals surface area contributed by atoms with Gasteiger partial charge in [-0.2, -0.15) is 0 Å². The van der Waals surface area contributed by atoms with E-state index in [0.29, 0.717) is 22.9 Å². The standard InChI is InChI=1S/C19H24N2O4S/c1-25-17-11-14(7-8-16(17)22)12-21-10-4-5-15(13-21)19-18(26(2,23)24)6-3-9-20-19/h3,6-9,11,15,22H,4-5,10,12-13H2,1-2H3. The molecule has 0 amide bonds. The lowest BCUT2D eigenvalue weighted by atomic mass is 9.94. The molecule has 1 unspecified atom stereocenters. The van der Waals surface area contributed by atoms with Gasteiger partial charge in [0, 0.05) is 31.5 Å². The van der Waals surface area contributed by atoms with Crippen LogP contribution in [0, 0.1) is 0 Å². The van der Waals surface area contributed by atoms with Crippen molar-refractivity contribution >= 4 is 9.84 Å². The molecule has 0 spiro atoms. The van der Waals surface area contributed by atoms with Crippen molar-refractivity contribution in [3.05, 3.63) is 47.8 Å². The lowest BCUT2D eigenvalue weighted by Crippen LogP contribution is -2.34. The van der Waals surface area contributed by atoms with Gasteiger partial charge in [-0.1, -0.05) is 6.07 Å². The minimum atomic E-state index is -3.30. The molecule has 7 heteroatoms. The van der Waals surface area contributed by atoms with Crippen molar-refractivity contribution in [2.24, 2.45) is 0 Å². The number of nitrogens with zero attached hydrogens (tertiary/aromatic N) is 2. The summed E-state index contributed by atoms with van der Waals surface area (Å²) in [5, 5.41) is 9.73. The second-order valence-electron chi connectivity index (χ2n) is 6.74. The molecule has 6 nitrogen and oxygen atoms in total. The molecule has 0 saturated carbocycles. The van der Waals surface area contributed by atoms with E-state index in [1.165, 1.54) is 13.4 Å². The van der Waals surface area contributed by atoms with Crippen molar-refractivity contribution in [3.8, 4) is 11.5 Å². The molecule has 0 radical (unpaired) electrons. The lowest BCUT2D eigenvalue weighted by molar-refractivity contribution is 0.197. The minimum Gasteiger partial charge on any atom is -0.504 e. The SMILES string of the molecule is COc1cc(CN2CCCC(c3ncccc3S(C)(=O)=O)C2)ccc1O. The van der Waals surface area contributed by atoms with E-state index in [4.69, 9.17) is 4.74 Å². The molecule has 1 aromatic heterocycles. The summed E-state index contributed by atoms with van der Waals surface area (Å²) in [6.07, 6.45) is 4.80. The number of ether oxygens (including phenoxy) is 1. The Kier molecular flexibility index (Phi) is 5.48. The second-order valence-corrected chi connectivity index (χ2v) is 8.72. The number of hydrogen-bond acceptors (Lipinski definition) is 6. The van der Waals surface area contributed by atoms with Crippen molar-refractivity contribution < 1.29 is 18.3 Å². The number of hydrogen-bond donors (Lipinski definition) is 1. The fourth-order valence-corrected chi connectivity index (χ4v) is 4.45. The number of aromatic nitrogens is 1. The monoisotopic (exact) mass is 376 g/mol. The number of aromatic hydroxyl groups is 1. The quantitative estimate of drug-likeness (QED) is 0.864. The van der Waals surface area contributed by atoms with Gasteiger partial charge in [-0.25, -0.2) is 8.42 Å². The molecule has 1 atom stereocenters. The third kappa shape index (κ3) is 4.16. The van der Waals surface area contributed by atoms with Gasteiger partial charge in [0.2, 0.25) is 0 Å². The van der Waals surface area contributed by atoms with Crippen molar-refractivity contribution in [2.45, 2.75) is 30.2 Å². The summed E-state index contributed by atoms with van der Waals surface area (Å²) in [5.74, 6) is 0.674. The van der Waals surface area contributed by atoms with E-state index < -0.39 is 9.84 Å². The molecule has 2 aromatic rings. The highest BCUT2D eigenvalue weighted by atomic mass is 32.2. The number of phenolic OH excluding ortho intramolecular Hbond substituents is 1. The van der Waals surface area contributed by atoms with E-state index in [-0.39, 0.29) is 11.7 Å². The van der Waals surface area contributed by atoms with Crippen LogP contribution in [0.4, 0.5) is 0 Å². The number of phenols is 1. The molecule has 2 heterocycles. The fourth-order valence-electron chi connectivity index (χ4n) is 3.52. The maximum Gasteiger partial charge on any atom is 0.177 e. The van der Waals surface area contributed by atoms with Crippen LogP contribution in [0.5, 0.6) is 11.5 Å². The Labute approximate surface area is 154 Å². The van der Waals surface area contributed by atoms with Gasteiger partial charge in [0.15, 0.2) is 21.3 Å². The maximum absolute atomic E-state index is 12.1. The summed E-state index contributed by atoms with van der Waals surface area (Å²) < 4.78 is 29.3. The Hall–Kier alpha value is -2.12. The maximum atomic E-state index is 12.1. The second kappa shape index (κ2) is 7.63. The predicted molar refractivity (Wildman–Crippen MR) is 99.3 cm³/mol. The summed E-state index contributed by atoms with van der Waals surface area (Å²) in [6, 6.07) is 8.66. The molecule has 1 aliphatic rings. The first-order chi connectivity index (χ1) is 12.4. The third-order valence-electron chi connectivity index (χ3n) is 4.74. The topological polar surface area (TPSA) is 79.7 Å². The molecule has 1 aliphatic heterocycles. The van der Waals surface area contributed by atoms with Crippen LogP contribution < -0.4 is 4.74 Å². The highest BCUT2D eigenvalue weighted by molar-refractivity contribution is 7.90. The number of methoxy groups -OCH3 is 1. The largest absolute Gasteiger partial charge is 0.504 e.